The van der Waals surface area contributed by atoms with Gasteiger partial charge in [0, 0.05) is 19.3 Å². The first kappa shape index (κ1) is 33.9. The van der Waals surface area contributed by atoms with Crippen molar-refractivity contribution in [2.24, 2.45) is 5.41 Å². The summed E-state index contributed by atoms with van der Waals surface area (Å²) >= 11 is 0. The first-order chi connectivity index (χ1) is 20.7. The Morgan fingerprint density at radius 2 is 1.64 bits per heavy atom. The van der Waals surface area contributed by atoms with Gasteiger partial charge < -0.3 is 19.1 Å². The van der Waals surface area contributed by atoms with E-state index in [2.05, 4.69) is 20.7 Å². The predicted molar refractivity (Wildman–Crippen MR) is 142 cm³/mol. The topological polar surface area (TPSA) is 118 Å². The molecule has 2 heterocycles. The largest absolute Gasteiger partial charge is 0.573 e. The van der Waals surface area contributed by atoms with Gasteiger partial charge >= 0.3 is 24.5 Å². The molecule has 1 aliphatic rings. The first-order valence-electron chi connectivity index (χ1n) is 13.1. The third kappa shape index (κ3) is 9.46. The van der Waals surface area contributed by atoms with Crippen molar-refractivity contribution in [3.8, 4) is 11.8 Å². The van der Waals surface area contributed by atoms with Gasteiger partial charge in [-0.25, -0.2) is 9.78 Å². The van der Waals surface area contributed by atoms with Gasteiger partial charge in [0.15, 0.2) is 0 Å². The van der Waals surface area contributed by atoms with Crippen LogP contribution in [0.1, 0.15) is 35.2 Å². The molecular formula is C29H28F6N4O5. The van der Waals surface area contributed by atoms with Crippen molar-refractivity contribution in [2.45, 2.75) is 44.9 Å². The zero-order valence-corrected chi connectivity index (χ0v) is 23.4. The summed E-state index contributed by atoms with van der Waals surface area (Å²) in [5.74, 6) is -3.49. The van der Waals surface area contributed by atoms with Crippen molar-refractivity contribution in [3.05, 3.63) is 83.4 Å². The number of hydrogen-bond donors (Lipinski definition) is 1. The number of ether oxygens (including phenoxy) is 2. The van der Waals surface area contributed by atoms with E-state index in [9.17, 15) is 31.1 Å². The monoisotopic (exact) mass is 626 g/mol. The number of rotatable bonds is 8. The lowest BCUT2D eigenvalue weighted by molar-refractivity contribution is -0.275. The highest BCUT2D eigenvalue weighted by Crippen LogP contribution is 2.40. The van der Waals surface area contributed by atoms with Gasteiger partial charge in [0.25, 0.3) is 0 Å². The molecule has 236 valence electrons. The summed E-state index contributed by atoms with van der Waals surface area (Å²) in [7, 11) is 1.30. The fraction of sp³-hybridized carbons (Fsp3) is 0.379. The van der Waals surface area contributed by atoms with Crippen LogP contribution in [0.4, 0.5) is 26.3 Å². The summed E-state index contributed by atoms with van der Waals surface area (Å²) in [6.07, 6.45) is -5.38. The Labute approximate surface area is 248 Å². The average Bonchev–Trinajstić information content (AvgIpc) is 3.40. The van der Waals surface area contributed by atoms with Crippen molar-refractivity contribution in [1.29, 1.82) is 5.26 Å². The van der Waals surface area contributed by atoms with Gasteiger partial charge in [0.2, 0.25) is 0 Å². The van der Waals surface area contributed by atoms with E-state index in [1.807, 2.05) is 16.7 Å². The molecule has 9 nitrogen and oxygen atoms in total. The number of alkyl halides is 6. The van der Waals surface area contributed by atoms with Crippen molar-refractivity contribution in [2.75, 3.05) is 20.2 Å². The Bertz CT molecular complexity index is 1460. The quantitative estimate of drug-likeness (QED) is 0.263. The number of carbonyl (C=O) groups is 2. The Balaban J connectivity index is 0.000000676. The number of imidazole rings is 1. The Kier molecular flexibility index (Phi) is 11.0. The fourth-order valence-electron chi connectivity index (χ4n) is 4.78. The molecule has 4 rings (SSSR count). The number of esters is 1. The molecule has 1 saturated heterocycles. The summed E-state index contributed by atoms with van der Waals surface area (Å²) < 4.78 is 81.8. The van der Waals surface area contributed by atoms with Gasteiger partial charge in [-0.1, -0.05) is 30.3 Å². The van der Waals surface area contributed by atoms with Crippen molar-refractivity contribution < 1.29 is 50.5 Å². The summed E-state index contributed by atoms with van der Waals surface area (Å²) in [5, 5.41) is 16.1. The summed E-state index contributed by atoms with van der Waals surface area (Å²) in [5.41, 5.74) is 2.02. The van der Waals surface area contributed by atoms with E-state index in [4.69, 9.17) is 19.9 Å². The third-order valence-electron chi connectivity index (χ3n) is 7.02. The van der Waals surface area contributed by atoms with Gasteiger partial charge in [0.1, 0.15) is 5.75 Å². The molecule has 0 atom stereocenters. The van der Waals surface area contributed by atoms with E-state index in [0.717, 1.165) is 11.3 Å². The fourth-order valence-corrected chi connectivity index (χ4v) is 4.78. The van der Waals surface area contributed by atoms with Crippen LogP contribution in [-0.2, 0) is 33.8 Å². The number of piperidine rings is 1. The number of methoxy groups -OCH3 is 1. The second-order valence-electron chi connectivity index (χ2n) is 10.0. The van der Waals surface area contributed by atoms with Crippen molar-refractivity contribution in [3.63, 3.8) is 0 Å². The summed E-state index contributed by atoms with van der Waals surface area (Å²) in [6, 6.07) is 15.4. The highest BCUT2D eigenvalue weighted by molar-refractivity contribution is 5.77. The van der Waals surface area contributed by atoms with E-state index in [0.29, 0.717) is 50.1 Å². The normalized spacial score (nSPS) is 15.0. The molecule has 2 aromatic carbocycles. The van der Waals surface area contributed by atoms with Crippen LogP contribution in [0.25, 0.3) is 0 Å². The minimum atomic E-state index is -5.08. The molecule has 0 aliphatic carbocycles. The molecule has 1 N–H and O–H groups in total. The standard InChI is InChI=1S/C27H27F3N4O3.C2HF3O2/c1-36-25(35)26(14-22-4-2-3-5-24(22)37-27(28,29)30)10-12-33(13-11-26)18-23-16-32-19-34(23)17-21-8-6-20(15-31)7-9-21;3-2(4,5)1(6)7/h2-9,16,19H,10-14,17-18H2,1H3;(H,6,7). The number of carboxylic acids is 1. The van der Waals surface area contributed by atoms with E-state index in [1.54, 1.807) is 36.8 Å². The second kappa shape index (κ2) is 14.3. The smallest absolute Gasteiger partial charge is 0.475 e. The van der Waals surface area contributed by atoms with Crippen molar-refractivity contribution in [1.82, 2.24) is 14.5 Å². The molecule has 0 bridgehead atoms. The molecule has 1 fully saturated rings. The molecule has 0 unspecified atom stereocenters. The maximum Gasteiger partial charge on any atom is 0.573 e. The zero-order chi connectivity index (χ0) is 32.5. The number of halogens is 6. The van der Waals surface area contributed by atoms with E-state index in [-0.39, 0.29) is 12.2 Å². The third-order valence-corrected chi connectivity index (χ3v) is 7.02. The maximum atomic E-state index is 12.9. The number of nitriles is 1. The van der Waals surface area contributed by atoms with Gasteiger partial charge in [-0.05, 0) is 61.7 Å². The predicted octanol–water partition coefficient (Wildman–Crippen LogP) is 5.33. The minimum absolute atomic E-state index is 0.0936. The molecule has 1 aromatic heterocycles. The number of nitrogens with zero attached hydrogens (tertiary/aromatic N) is 4. The molecule has 15 heteroatoms. The highest BCUT2D eigenvalue weighted by Gasteiger charge is 2.44. The number of likely N-dealkylation sites (tertiary alicyclic amines) is 1. The SMILES string of the molecule is COC(=O)C1(Cc2ccccc2OC(F)(F)F)CCN(Cc2cncn2Cc2ccc(C#N)cc2)CC1.O=C(O)C(F)(F)F. The van der Waals surface area contributed by atoms with E-state index >= 15 is 0 Å². The van der Waals surface area contributed by atoms with Gasteiger partial charge in [-0.2, -0.15) is 18.4 Å². The van der Waals surface area contributed by atoms with Crippen LogP contribution < -0.4 is 4.74 Å². The lowest BCUT2D eigenvalue weighted by Gasteiger charge is -2.40. The van der Waals surface area contributed by atoms with E-state index < -0.39 is 29.9 Å². The van der Waals surface area contributed by atoms with Crippen LogP contribution in [0.5, 0.6) is 5.75 Å². The summed E-state index contributed by atoms with van der Waals surface area (Å²) in [4.78, 5) is 28.3. The van der Waals surface area contributed by atoms with Crippen LogP contribution in [0.15, 0.2) is 61.1 Å². The van der Waals surface area contributed by atoms with Gasteiger partial charge in [-0.15, -0.1) is 13.2 Å². The lowest BCUT2D eigenvalue weighted by atomic mass is 9.73. The van der Waals surface area contributed by atoms with Crippen LogP contribution in [0.2, 0.25) is 0 Å². The molecule has 0 saturated carbocycles. The van der Waals surface area contributed by atoms with E-state index in [1.165, 1.54) is 19.2 Å². The number of carbonyl (C=O) groups excluding carboxylic acids is 1. The van der Waals surface area contributed by atoms with Crippen LogP contribution in [0, 0.1) is 16.7 Å². The molecule has 1 aliphatic heterocycles. The molecule has 0 amide bonds. The van der Waals surface area contributed by atoms with Gasteiger partial charge in [-0.3, -0.25) is 9.69 Å². The maximum absolute atomic E-state index is 12.9. The zero-order valence-electron chi connectivity index (χ0n) is 23.4. The lowest BCUT2D eigenvalue weighted by Crippen LogP contribution is -2.46. The van der Waals surface area contributed by atoms with Crippen molar-refractivity contribution >= 4 is 11.9 Å². The number of aliphatic carboxylic acids is 1. The number of aromatic nitrogens is 2. The number of benzene rings is 2. The second-order valence-corrected chi connectivity index (χ2v) is 10.0. The molecule has 44 heavy (non-hydrogen) atoms. The Morgan fingerprint density at radius 3 is 2.18 bits per heavy atom. The number of hydrogen-bond acceptors (Lipinski definition) is 7. The van der Waals surface area contributed by atoms with Crippen LogP contribution in [-0.4, -0.2) is 64.2 Å². The van der Waals surface area contributed by atoms with Crippen LogP contribution >= 0.6 is 0 Å². The molecule has 0 spiro atoms. The molecular weight excluding hydrogens is 598 g/mol. The molecule has 3 aromatic rings. The Hall–Kier alpha value is -4.58. The summed E-state index contributed by atoms with van der Waals surface area (Å²) in [6.45, 7) is 2.36. The molecule has 0 radical (unpaired) electrons. The number of carboxylic acid groups (broad SMARTS) is 1. The first-order valence-corrected chi connectivity index (χ1v) is 13.1. The number of para-hydroxylation sites is 1. The highest BCUT2D eigenvalue weighted by atomic mass is 19.4. The average molecular weight is 627 g/mol. The minimum Gasteiger partial charge on any atom is -0.475 e. The van der Waals surface area contributed by atoms with Gasteiger partial charge in [0.05, 0.1) is 36.2 Å². The Morgan fingerprint density at radius 1 is 1.02 bits per heavy atom. The van der Waals surface area contributed by atoms with Crippen LogP contribution in [0.3, 0.4) is 0 Å².